The van der Waals surface area contributed by atoms with Gasteiger partial charge in [-0.2, -0.15) is 18.3 Å². The van der Waals surface area contributed by atoms with Gasteiger partial charge >= 0.3 is 6.18 Å². The standard InChI is InChI=1S/C17H10Cl2F3N5S/c18-10-2-1-8(5-11(10)19)7-23-14-9-6-13(17(20,21)22)28-16(9)26-15(25-14)12-3-4-24-27-12/h1-6H,7H2,(H,24,27)(H,23,25,26). The molecule has 11 heteroatoms. The van der Waals surface area contributed by atoms with E-state index in [0.717, 1.165) is 11.6 Å². The molecule has 0 radical (unpaired) electrons. The van der Waals surface area contributed by atoms with Gasteiger partial charge in [-0.25, -0.2) is 9.97 Å². The molecule has 0 aliphatic carbocycles. The molecule has 0 atom stereocenters. The van der Waals surface area contributed by atoms with Crippen molar-refractivity contribution in [2.24, 2.45) is 0 Å². The average Bonchev–Trinajstić information content (AvgIpc) is 3.31. The second-order valence-electron chi connectivity index (χ2n) is 5.80. The normalized spacial score (nSPS) is 11.9. The quantitative estimate of drug-likeness (QED) is 0.404. The summed E-state index contributed by atoms with van der Waals surface area (Å²) in [6, 6.07) is 7.79. The molecule has 0 amide bonds. The number of alkyl halides is 3. The van der Waals surface area contributed by atoms with Gasteiger partial charge in [0, 0.05) is 12.7 Å². The minimum Gasteiger partial charge on any atom is -0.365 e. The number of rotatable bonds is 4. The molecule has 0 aliphatic rings. The van der Waals surface area contributed by atoms with Crippen LogP contribution >= 0.6 is 34.5 Å². The predicted molar refractivity (Wildman–Crippen MR) is 104 cm³/mol. The molecule has 4 rings (SSSR count). The van der Waals surface area contributed by atoms with E-state index in [1.54, 1.807) is 24.3 Å². The third-order valence-corrected chi connectivity index (χ3v) is 5.67. The van der Waals surface area contributed by atoms with E-state index in [1.165, 1.54) is 6.20 Å². The van der Waals surface area contributed by atoms with Crippen LogP contribution in [-0.2, 0) is 12.7 Å². The van der Waals surface area contributed by atoms with Gasteiger partial charge in [-0.1, -0.05) is 29.3 Å². The van der Waals surface area contributed by atoms with Crippen LogP contribution in [0.3, 0.4) is 0 Å². The lowest BCUT2D eigenvalue weighted by molar-refractivity contribution is -0.134. The first-order chi connectivity index (χ1) is 13.3. The molecule has 0 saturated carbocycles. The van der Waals surface area contributed by atoms with Crippen LogP contribution in [0.1, 0.15) is 10.4 Å². The Labute approximate surface area is 170 Å². The minimum absolute atomic E-state index is 0.226. The van der Waals surface area contributed by atoms with E-state index in [1.807, 2.05) is 0 Å². The van der Waals surface area contributed by atoms with Crippen molar-refractivity contribution in [3.63, 3.8) is 0 Å². The first kappa shape index (κ1) is 19.0. The highest BCUT2D eigenvalue weighted by Gasteiger charge is 2.33. The Hall–Kier alpha value is -2.36. The Bertz CT molecular complexity index is 1140. The molecule has 0 unspecified atom stereocenters. The summed E-state index contributed by atoms with van der Waals surface area (Å²) in [5.74, 6) is 0.532. The molecule has 3 heterocycles. The first-order valence-electron chi connectivity index (χ1n) is 7.87. The molecular formula is C17H10Cl2F3N5S. The van der Waals surface area contributed by atoms with Crippen LogP contribution in [0.4, 0.5) is 19.0 Å². The summed E-state index contributed by atoms with van der Waals surface area (Å²) < 4.78 is 39.5. The lowest BCUT2D eigenvalue weighted by atomic mass is 10.2. The lowest BCUT2D eigenvalue weighted by Crippen LogP contribution is -2.04. The van der Waals surface area contributed by atoms with Gasteiger partial charge in [0.2, 0.25) is 0 Å². The van der Waals surface area contributed by atoms with Crippen molar-refractivity contribution in [2.45, 2.75) is 12.7 Å². The van der Waals surface area contributed by atoms with Gasteiger partial charge in [-0.05, 0) is 29.8 Å². The number of fused-ring (bicyclic) bond motifs is 1. The van der Waals surface area contributed by atoms with Crippen molar-refractivity contribution in [3.8, 4) is 11.5 Å². The lowest BCUT2D eigenvalue weighted by Gasteiger charge is -2.09. The summed E-state index contributed by atoms with van der Waals surface area (Å²) in [5, 5.41) is 10.7. The van der Waals surface area contributed by atoms with E-state index in [-0.39, 0.29) is 16.5 Å². The number of halogens is 5. The van der Waals surface area contributed by atoms with Crippen molar-refractivity contribution in [2.75, 3.05) is 5.32 Å². The van der Waals surface area contributed by atoms with Crippen LogP contribution in [0, 0.1) is 0 Å². The van der Waals surface area contributed by atoms with Crippen LogP contribution in [0.15, 0.2) is 36.5 Å². The van der Waals surface area contributed by atoms with Gasteiger partial charge in [0.15, 0.2) is 5.82 Å². The third kappa shape index (κ3) is 3.78. The Kier molecular flexibility index (Phi) is 4.90. The molecule has 0 spiro atoms. The summed E-state index contributed by atoms with van der Waals surface area (Å²) in [4.78, 5) is 8.12. The maximum absolute atomic E-state index is 13.2. The molecule has 4 aromatic rings. The second-order valence-corrected chi connectivity index (χ2v) is 7.64. The summed E-state index contributed by atoms with van der Waals surface area (Å²) in [6.45, 7) is 0.294. The maximum atomic E-state index is 13.2. The zero-order chi connectivity index (χ0) is 19.9. The molecule has 0 aliphatic heterocycles. The summed E-state index contributed by atoms with van der Waals surface area (Å²) >= 11 is 12.5. The Balaban J connectivity index is 1.75. The van der Waals surface area contributed by atoms with E-state index in [4.69, 9.17) is 23.2 Å². The number of hydrogen-bond donors (Lipinski definition) is 2. The molecule has 0 saturated heterocycles. The number of hydrogen-bond acceptors (Lipinski definition) is 5. The van der Waals surface area contributed by atoms with Crippen molar-refractivity contribution >= 4 is 50.6 Å². The van der Waals surface area contributed by atoms with E-state index < -0.39 is 11.1 Å². The van der Waals surface area contributed by atoms with Gasteiger partial charge in [0.1, 0.15) is 21.2 Å². The molecule has 1 aromatic carbocycles. The molecule has 5 nitrogen and oxygen atoms in total. The number of nitrogens with zero attached hydrogens (tertiary/aromatic N) is 3. The highest BCUT2D eigenvalue weighted by molar-refractivity contribution is 7.18. The van der Waals surface area contributed by atoms with Crippen molar-refractivity contribution in [1.82, 2.24) is 20.2 Å². The molecule has 144 valence electrons. The number of thiophene rings is 1. The fourth-order valence-corrected chi connectivity index (χ4v) is 3.75. The SMILES string of the molecule is FC(F)(F)c1cc2c(NCc3ccc(Cl)c(Cl)c3)nc(-c3ccn[nH]3)nc2s1. The number of aromatic nitrogens is 4. The Morgan fingerprint density at radius 1 is 1.07 bits per heavy atom. The fourth-order valence-electron chi connectivity index (χ4n) is 2.53. The van der Waals surface area contributed by atoms with Crippen molar-refractivity contribution in [3.05, 3.63) is 57.0 Å². The number of benzene rings is 1. The smallest absolute Gasteiger partial charge is 0.365 e. The van der Waals surface area contributed by atoms with Crippen LogP contribution in [-0.4, -0.2) is 20.2 Å². The number of anilines is 1. The predicted octanol–water partition coefficient (Wildman–Crippen LogP) is 6.02. The highest BCUT2D eigenvalue weighted by atomic mass is 35.5. The topological polar surface area (TPSA) is 66.5 Å². The van der Waals surface area contributed by atoms with Crippen LogP contribution in [0.25, 0.3) is 21.7 Å². The Morgan fingerprint density at radius 3 is 2.57 bits per heavy atom. The van der Waals surface area contributed by atoms with Crippen molar-refractivity contribution < 1.29 is 13.2 Å². The monoisotopic (exact) mass is 443 g/mol. The van der Waals surface area contributed by atoms with E-state index in [2.05, 4.69) is 25.5 Å². The van der Waals surface area contributed by atoms with Gasteiger partial charge in [-0.15, -0.1) is 11.3 Å². The summed E-state index contributed by atoms with van der Waals surface area (Å²) in [6.07, 6.45) is -2.94. The van der Waals surface area contributed by atoms with Gasteiger partial charge in [0.25, 0.3) is 0 Å². The van der Waals surface area contributed by atoms with Crippen LogP contribution in [0.2, 0.25) is 10.0 Å². The second kappa shape index (κ2) is 7.23. The summed E-state index contributed by atoms with van der Waals surface area (Å²) in [7, 11) is 0. The van der Waals surface area contributed by atoms with Crippen LogP contribution < -0.4 is 5.32 Å². The number of nitrogens with one attached hydrogen (secondary N) is 2. The third-order valence-electron chi connectivity index (χ3n) is 3.86. The zero-order valence-electron chi connectivity index (χ0n) is 13.8. The average molecular weight is 444 g/mol. The largest absolute Gasteiger partial charge is 0.425 e. The van der Waals surface area contributed by atoms with Gasteiger partial charge in [0.05, 0.1) is 15.4 Å². The number of aromatic amines is 1. The molecular weight excluding hydrogens is 434 g/mol. The van der Waals surface area contributed by atoms with E-state index >= 15 is 0 Å². The molecule has 0 fully saturated rings. The fraction of sp³-hybridized carbons (Fsp3) is 0.118. The maximum Gasteiger partial charge on any atom is 0.425 e. The molecule has 0 bridgehead atoms. The van der Waals surface area contributed by atoms with Crippen molar-refractivity contribution in [1.29, 1.82) is 0 Å². The zero-order valence-corrected chi connectivity index (χ0v) is 16.1. The van der Waals surface area contributed by atoms with E-state index in [9.17, 15) is 13.2 Å². The summed E-state index contributed by atoms with van der Waals surface area (Å²) in [5.41, 5.74) is 1.30. The molecule has 28 heavy (non-hydrogen) atoms. The highest BCUT2D eigenvalue weighted by Crippen LogP contribution is 2.40. The molecule has 2 N–H and O–H groups in total. The van der Waals surface area contributed by atoms with Gasteiger partial charge in [-0.3, -0.25) is 5.10 Å². The first-order valence-corrected chi connectivity index (χ1v) is 9.45. The van der Waals surface area contributed by atoms with Crippen LogP contribution in [0.5, 0.6) is 0 Å². The van der Waals surface area contributed by atoms with Gasteiger partial charge < -0.3 is 5.32 Å². The van der Waals surface area contributed by atoms with E-state index in [0.29, 0.717) is 39.0 Å². The Morgan fingerprint density at radius 2 is 1.89 bits per heavy atom. The number of H-pyrrole nitrogens is 1. The molecule has 3 aromatic heterocycles. The minimum atomic E-state index is -4.46.